The largest absolute Gasteiger partial charge is 0.329 e. The lowest BCUT2D eigenvalue weighted by Gasteiger charge is -2.27. The van der Waals surface area contributed by atoms with Crippen molar-refractivity contribution in [2.45, 2.75) is 131 Å². The first-order chi connectivity index (χ1) is 22.6. The first-order valence-corrected chi connectivity index (χ1v) is 19.7. The van der Waals surface area contributed by atoms with Crippen LogP contribution in [0.4, 0.5) is 0 Å². The molecule has 0 saturated carbocycles. The second-order valence-electron chi connectivity index (χ2n) is 17.8. The van der Waals surface area contributed by atoms with Crippen LogP contribution >= 0.6 is 11.8 Å². The summed E-state index contributed by atoms with van der Waals surface area (Å²) < 4.78 is 4.70. The summed E-state index contributed by atoms with van der Waals surface area (Å²) in [5.41, 5.74) is 5.88. The number of fused-ring (bicyclic) bond motifs is 10. The second-order valence-corrected chi connectivity index (χ2v) is 18.8. The summed E-state index contributed by atoms with van der Waals surface area (Å²) in [6.07, 6.45) is 6.17. The van der Waals surface area contributed by atoms with Crippen LogP contribution in [-0.2, 0) is 23.9 Å². The molecule has 268 valence electrons. The molecular weight excluding hydrogens is 613 g/mol. The van der Waals surface area contributed by atoms with Crippen LogP contribution in [-0.4, -0.2) is 92.3 Å². The summed E-state index contributed by atoms with van der Waals surface area (Å²) in [6.45, 7) is 38.6. The van der Waals surface area contributed by atoms with E-state index in [1.54, 1.807) is 0 Å². The minimum Gasteiger partial charge on any atom is -0.329 e. The molecule has 6 bridgehead atoms. The number of imidazole rings is 1. The Labute approximate surface area is 296 Å². The summed E-state index contributed by atoms with van der Waals surface area (Å²) in [7, 11) is 0. The maximum Gasteiger partial charge on any atom is 0.123 e. The van der Waals surface area contributed by atoms with E-state index in [0.717, 1.165) is 25.6 Å². The molecule has 0 spiro atoms. The van der Waals surface area contributed by atoms with Crippen LogP contribution in [0.25, 0.3) is 0 Å². The van der Waals surface area contributed by atoms with E-state index < -0.39 is 0 Å². The molecule has 8 heterocycles. The highest BCUT2D eigenvalue weighted by molar-refractivity contribution is 8.03. The quantitative estimate of drug-likeness (QED) is 0.308. The van der Waals surface area contributed by atoms with Gasteiger partial charge in [-0.3, -0.25) is 24.4 Å². The predicted octanol–water partition coefficient (Wildman–Crippen LogP) is 7.92. The van der Waals surface area contributed by atoms with Gasteiger partial charge in [-0.1, -0.05) is 76.2 Å². The molecule has 2 aromatic heterocycles. The fourth-order valence-electron chi connectivity index (χ4n) is 7.57. The van der Waals surface area contributed by atoms with E-state index in [0.29, 0.717) is 17.5 Å². The van der Waals surface area contributed by atoms with Gasteiger partial charge in [0, 0.05) is 85.5 Å². The minimum absolute atomic E-state index is 0.179. The Kier molecular flexibility index (Phi) is 11.5. The minimum atomic E-state index is 0.179. The van der Waals surface area contributed by atoms with Crippen molar-refractivity contribution in [2.24, 2.45) is 16.3 Å². The third-order valence-electron chi connectivity index (χ3n) is 10.3. The summed E-state index contributed by atoms with van der Waals surface area (Å²) in [4.78, 5) is 18.1. The van der Waals surface area contributed by atoms with Crippen LogP contribution in [0.2, 0.25) is 0 Å². The summed E-state index contributed by atoms with van der Waals surface area (Å²) in [5.74, 6) is 3.19. The molecule has 3 fully saturated rings. The molecule has 6 aliphatic heterocycles. The Hall–Kier alpha value is -1.94. The number of aromatic nitrogens is 4. The van der Waals surface area contributed by atoms with Gasteiger partial charge >= 0.3 is 0 Å². The molecule has 0 amide bonds. The average Bonchev–Trinajstić information content (AvgIpc) is 3.85. The number of hydrogen-bond acceptors (Lipinski definition) is 7. The monoisotopic (exact) mass is 679 g/mol. The molecule has 0 aromatic carbocycles. The molecule has 2 aromatic rings. The van der Waals surface area contributed by atoms with E-state index in [1.165, 1.54) is 97.8 Å². The molecule has 48 heavy (non-hydrogen) atoms. The SMILES string of the molecule is C=NC1=C(SCC(C)(C)C)C2CCN(C1)C2.CC.CC(C)(C)c1cc2n(n1)C1CCN(C2)C1.CC(C)(C)c1cn2c(n1)CN1CCC2C1. The molecule has 8 rings (SSSR count). The van der Waals surface area contributed by atoms with Crippen LogP contribution in [0.5, 0.6) is 0 Å². The third kappa shape index (κ3) is 8.67. The Morgan fingerprint density at radius 1 is 0.792 bits per heavy atom. The first kappa shape index (κ1) is 37.3. The highest BCUT2D eigenvalue weighted by atomic mass is 32.2. The van der Waals surface area contributed by atoms with Crippen molar-refractivity contribution >= 4 is 18.5 Å². The zero-order valence-electron chi connectivity index (χ0n) is 32.3. The highest BCUT2D eigenvalue weighted by Gasteiger charge is 2.35. The second kappa shape index (κ2) is 14.7. The van der Waals surface area contributed by atoms with E-state index in [4.69, 9.17) is 10.1 Å². The molecule has 9 heteroatoms. The van der Waals surface area contributed by atoms with E-state index in [2.05, 4.69) is 110 Å². The highest BCUT2D eigenvalue weighted by Crippen LogP contribution is 2.41. The van der Waals surface area contributed by atoms with E-state index >= 15 is 0 Å². The Bertz CT molecular complexity index is 1350. The van der Waals surface area contributed by atoms with Gasteiger partial charge in [-0.2, -0.15) is 5.10 Å². The Morgan fingerprint density at radius 3 is 2.04 bits per heavy atom. The summed E-state index contributed by atoms with van der Waals surface area (Å²) in [5, 5.41) is 4.79. The Balaban J connectivity index is 0.000000137. The van der Waals surface area contributed by atoms with Crippen LogP contribution in [0.15, 0.2) is 27.9 Å². The molecule has 8 nitrogen and oxygen atoms in total. The fraction of sp³-hybridized carbons (Fsp3) is 0.769. The van der Waals surface area contributed by atoms with E-state index in [1.807, 2.05) is 25.6 Å². The van der Waals surface area contributed by atoms with Gasteiger partial charge < -0.3 is 4.57 Å². The normalized spacial score (nSPS) is 28.3. The van der Waals surface area contributed by atoms with Crippen LogP contribution in [0.1, 0.15) is 130 Å². The zero-order chi connectivity index (χ0) is 35.0. The van der Waals surface area contributed by atoms with Crippen molar-refractivity contribution < 1.29 is 0 Å². The van der Waals surface area contributed by atoms with Crippen molar-refractivity contribution in [1.82, 2.24) is 34.0 Å². The number of rotatable bonds is 3. The third-order valence-corrected chi connectivity index (χ3v) is 12.2. The lowest BCUT2D eigenvalue weighted by atomic mass is 9.92. The van der Waals surface area contributed by atoms with Gasteiger partial charge in [-0.15, -0.1) is 11.8 Å². The average molecular weight is 679 g/mol. The maximum absolute atomic E-state index is 4.79. The van der Waals surface area contributed by atoms with Gasteiger partial charge in [0.15, 0.2) is 0 Å². The molecule has 6 unspecified atom stereocenters. The predicted molar refractivity (Wildman–Crippen MR) is 204 cm³/mol. The first-order valence-electron chi connectivity index (χ1n) is 18.7. The van der Waals surface area contributed by atoms with Crippen molar-refractivity contribution in [1.29, 1.82) is 0 Å². The number of nitrogens with zero attached hydrogens (tertiary/aromatic N) is 8. The number of aliphatic imine (C=N–C) groups is 1. The zero-order valence-corrected chi connectivity index (χ0v) is 33.1. The van der Waals surface area contributed by atoms with Crippen LogP contribution in [0.3, 0.4) is 0 Å². The van der Waals surface area contributed by atoms with Gasteiger partial charge in [0.05, 0.1) is 35.4 Å². The molecule has 6 atom stereocenters. The van der Waals surface area contributed by atoms with Crippen molar-refractivity contribution in [3.8, 4) is 0 Å². The maximum atomic E-state index is 4.79. The molecule has 0 N–H and O–H groups in total. The molecule has 0 aliphatic carbocycles. The summed E-state index contributed by atoms with van der Waals surface area (Å²) >= 11 is 2.02. The van der Waals surface area contributed by atoms with Gasteiger partial charge in [0.1, 0.15) is 5.82 Å². The number of hydrogen-bond donors (Lipinski definition) is 0. The molecule has 3 saturated heterocycles. The molecular formula is C39H66N8S. The fourth-order valence-corrected chi connectivity index (χ4v) is 8.88. The van der Waals surface area contributed by atoms with Crippen molar-refractivity contribution in [2.75, 3.05) is 51.6 Å². The van der Waals surface area contributed by atoms with Gasteiger partial charge in [-0.25, -0.2) is 4.98 Å². The lowest BCUT2D eigenvalue weighted by molar-refractivity contribution is 0.265. The lowest BCUT2D eigenvalue weighted by Crippen LogP contribution is -2.29. The van der Waals surface area contributed by atoms with Crippen LogP contribution in [0, 0.1) is 11.3 Å². The molecule has 6 aliphatic rings. The number of thioether (sulfide) groups is 1. The molecule has 0 radical (unpaired) electrons. The topological polar surface area (TPSA) is 57.7 Å². The summed E-state index contributed by atoms with van der Waals surface area (Å²) in [6, 6.07) is 3.63. The van der Waals surface area contributed by atoms with Crippen molar-refractivity contribution in [3.63, 3.8) is 0 Å². The van der Waals surface area contributed by atoms with Crippen LogP contribution < -0.4 is 0 Å². The van der Waals surface area contributed by atoms with E-state index in [-0.39, 0.29) is 10.8 Å². The smallest absolute Gasteiger partial charge is 0.123 e. The van der Waals surface area contributed by atoms with Gasteiger partial charge in [-0.05, 0) is 44.0 Å². The van der Waals surface area contributed by atoms with E-state index in [9.17, 15) is 0 Å². The Morgan fingerprint density at radius 2 is 1.40 bits per heavy atom. The van der Waals surface area contributed by atoms with Crippen molar-refractivity contribution in [3.05, 3.63) is 45.8 Å². The van der Waals surface area contributed by atoms with Gasteiger partial charge in [0.25, 0.3) is 0 Å². The standard InChI is InChI=1S/C13H22N2S.2C12H19N3.C2H6/c1-13(2,3)9-16-12-10-5-6-15(7-10)8-11(12)14-4;1-12(2,3)11-6-10-8-14-5-4-9(7-14)15(10)13-11;1-12(2,3)10-7-15-9-4-5-14(6-9)8-11(15)13-10;1-2/h10H,4-9H2,1-3H3;6,9H,4-5,7-8H2,1-3H3;7,9H,4-6,8H2,1-3H3;1-2H3. The van der Waals surface area contributed by atoms with Gasteiger partial charge in [0.2, 0.25) is 0 Å².